The van der Waals surface area contributed by atoms with E-state index >= 15 is 0 Å². The van der Waals surface area contributed by atoms with E-state index in [9.17, 15) is 10.1 Å². The maximum Gasteiger partial charge on any atom is 0.236 e. The highest BCUT2D eigenvalue weighted by atomic mass is 16.6. The molecule has 4 nitrogen and oxygen atoms in total. The Kier molecular flexibility index (Phi) is 1.84. The summed E-state index contributed by atoms with van der Waals surface area (Å²) in [5.41, 5.74) is 0.733. The van der Waals surface area contributed by atoms with Gasteiger partial charge in [-0.2, -0.15) is 0 Å². The van der Waals surface area contributed by atoms with Crippen LogP contribution >= 0.6 is 0 Å². The third-order valence-corrected chi connectivity index (χ3v) is 0.998. The van der Waals surface area contributed by atoms with Crippen molar-refractivity contribution in [2.45, 2.75) is 0 Å². The Bertz CT molecular complexity index is 238. The Labute approximate surface area is 57.3 Å². The molecule has 1 N–H and O–H groups in total. The highest BCUT2D eigenvalue weighted by Crippen LogP contribution is 1.96. The normalized spacial score (nSPS) is 10.4. The van der Waals surface area contributed by atoms with E-state index in [0.29, 0.717) is 0 Å². The fraction of sp³-hybridized carbons (Fsp3) is 0. The lowest BCUT2D eigenvalue weighted by Gasteiger charge is -1.79. The van der Waals surface area contributed by atoms with Gasteiger partial charge in [-0.3, -0.25) is 10.1 Å². The molecule has 0 saturated carbocycles. The second kappa shape index (κ2) is 2.82. The molecule has 0 spiro atoms. The molecule has 4 heteroatoms. The van der Waals surface area contributed by atoms with Crippen LogP contribution in [0.3, 0.4) is 0 Å². The summed E-state index contributed by atoms with van der Waals surface area (Å²) in [5.74, 6) is 0. The van der Waals surface area contributed by atoms with Crippen molar-refractivity contribution in [3.63, 3.8) is 0 Å². The number of H-pyrrole nitrogens is 1. The molecular weight excluding hydrogens is 132 g/mol. The number of nitrogens with one attached hydrogen (secondary N) is 1. The van der Waals surface area contributed by atoms with Crippen LogP contribution in [0.25, 0.3) is 6.08 Å². The van der Waals surface area contributed by atoms with Gasteiger partial charge in [-0.05, 0) is 12.1 Å². The van der Waals surface area contributed by atoms with Crippen molar-refractivity contribution >= 4 is 6.08 Å². The summed E-state index contributed by atoms with van der Waals surface area (Å²) < 4.78 is 0. The minimum atomic E-state index is -0.499. The molecule has 1 aromatic rings. The van der Waals surface area contributed by atoms with E-state index in [0.717, 1.165) is 11.9 Å². The van der Waals surface area contributed by atoms with Gasteiger partial charge in [-0.1, -0.05) is 0 Å². The Morgan fingerprint density at radius 2 is 2.50 bits per heavy atom. The van der Waals surface area contributed by atoms with Crippen LogP contribution < -0.4 is 0 Å². The molecule has 0 amide bonds. The summed E-state index contributed by atoms with van der Waals surface area (Å²) in [6, 6.07) is 3.53. The monoisotopic (exact) mass is 138 g/mol. The lowest BCUT2D eigenvalue weighted by molar-refractivity contribution is -0.401. The largest absolute Gasteiger partial charge is 0.361 e. The Hall–Kier alpha value is -1.58. The number of aromatic nitrogens is 1. The van der Waals surface area contributed by atoms with Gasteiger partial charge >= 0.3 is 0 Å². The van der Waals surface area contributed by atoms with E-state index in [4.69, 9.17) is 0 Å². The molecule has 0 saturated heterocycles. The molecule has 0 fully saturated rings. The van der Waals surface area contributed by atoms with E-state index in [1.807, 2.05) is 0 Å². The van der Waals surface area contributed by atoms with Gasteiger partial charge < -0.3 is 4.98 Å². The van der Waals surface area contributed by atoms with Crippen molar-refractivity contribution in [2.75, 3.05) is 0 Å². The van der Waals surface area contributed by atoms with Crippen molar-refractivity contribution < 1.29 is 4.92 Å². The highest BCUT2D eigenvalue weighted by molar-refractivity contribution is 5.42. The zero-order chi connectivity index (χ0) is 7.40. The zero-order valence-electron chi connectivity index (χ0n) is 5.15. The molecule has 0 atom stereocenters. The number of hydrogen-bond acceptors (Lipinski definition) is 2. The zero-order valence-corrected chi connectivity index (χ0v) is 5.15. The summed E-state index contributed by atoms with van der Waals surface area (Å²) in [6.07, 6.45) is 4.01. The summed E-state index contributed by atoms with van der Waals surface area (Å²) in [4.78, 5) is 12.1. The minimum absolute atomic E-state index is 0.499. The molecule has 1 aromatic heterocycles. The highest BCUT2D eigenvalue weighted by Gasteiger charge is 1.87. The molecule has 0 aliphatic rings. The molecule has 52 valence electrons. The quantitative estimate of drug-likeness (QED) is 0.494. The SMILES string of the molecule is O=[N+]([O-])/C=C/c1ccc[nH]1. The summed E-state index contributed by atoms with van der Waals surface area (Å²) in [6.45, 7) is 0. The standard InChI is InChI=1S/C6H6N2O2/c9-8(10)5-3-6-2-1-4-7-6/h1-5,7H/b5-3+. The van der Waals surface area contributed by atoms with E-state index < -0.39 is 4.92 Å². The van der Waals surface area contributed by atoms with Gasteiger partial charge in [0.15, 0.2) is 0 Å². The Morgan fingerprint density at radius 1 is 1.70 bits per heavy atom. The fourth-order valence-corrected chi connectivity index (χ4v) is 0.589. The number of nitro groups is 1. The second-order valence-corrected chi connectivity index (χ2v) is 1.73. The summed E-state index contributed by atoms with van der Waals surface area (Å²) in [5, 5.41) is 9.80. The van der Waals surface area contributed by atoms with Crippen molar-refractivity contribution in [3.05, 3.63) is 40.3 Å². The summed E-state index contributed by atoms with van der Waals surface area (Å²) in [7, 11) is 0. The third kappa shape index (κ3) is 1.74. The molecule has 0 aliphatic carbocycles. The average Bonchev–Trinajstić information content (AvgIpc) is 2.34. The third-order valence-electron chi connectivity index (χ3n) is 0.998. The number of hydrogen-bond donors (Lipinski definition) is 1. The molecule has 0 bridgehead atoms. The van der Waals surface area contributed by atoms with E-state index in [1.165, 1.54) is 6.08 Å². The fourth-order valence-electron chi connectivity index (χ4n) is 0.589. The van der Waals surface area contributed by atoms with Gasteiger partial charge in [0.05, 0.1) is 4.92 Å². The molecule has 1 heterocycles. The maximum atomic E-state index is 9.80. The number of nitrogens with zero attached hydrogens (tertiary/aromatic N) is 1. The minimum Gasteiger partial charge on any atom is -0.361 e. The van der Waals surface area contributed by atoms with Crippen LogP contribution in [0.2, 0.25) is 0 Å². The van der Waals surface area contributed by atoms with E-state index in [1.54, 1.807) is 18.3 Å². The number of rotatable bonds is 2. The van der Waals surface area contributed by atoms with Gasteiger partial charge in [-0.25, -0.2) is 0 Å². The molecular formula is C6H6N2O2. The first-order valence-electron chi connectivity index (χ1n) is 2.74. The predicted octanol–water partition coefficient (Wildman–Crippen LogP) is 1.26. The van der Waals surface area contributed by atoms with Crippen molar-refractivity contribution in [1.29, 1.82) is 0 Å². The molecule has 0 aromatic carbocycles. The number of aromatic amines is 1. The van der Waals surface area contributed by atoms with Crippen molar-refractivity contribution in [1.82, 2.24) is 4.98 Å². The van der Waals surface area contributed by atoms with E-state index in [-0.39, 0.29) is 0 Å². The van der Waals surface area contributed by atoms with Crippen LogP contribution in [0, 0.1) is 10.1 Å². The van der Waals surface area contributed by atoms with Crippen LogP contribution in [-0.2, 0) is 0 Å². The van der Waals surface area contributed by atoms with Gasteiger partial charge in [0, 0.05) is 18.0 Å². The first kappa shape index (κ1) is 6.54. The molecule has 10 heavy (non-hydrogen) atoms. The van der Waals surface area contributed by atoms with Gasteiger partial charge in [0.25, 0.3) is 0 Å². The van der Waals surface area contributed by atoms with Crippen LogP contribution in [0.15, 0.2) is 24.5 Å². The second-order valence-electron chi connectivity index (χ2n) is 1.73. The van der Waals surface area contributed by atoms with Crippen LogP contribution in [-0.4, -0.2) is 9.91 Å². The molecule has 0 radical (unpaired) electrons. The Balaban J connectivity index is 2.64. The Morgan fingerprint density at radius 3 is 3.00 bits per heavy atom. The van der Waals surface area contributed by atoms with Crippen molar-refractivity contribution in [2.24, 2.45) is 0 Å². The van der Waals surface area contributed by atoms with Gasteiger partial charge in [-0.15, -0.1) is 0 Å². The van der Waals surface area contributed by atoms with Crippen LogP contribution in [0.5, 0.6) is 0 Å². The van der Waals surface area contributed by atoms with Crippen LogP contribution in [0.4, 0.5) is 0 Å². The van der Waals surface area contributed by atoms with Crippen LogP contribution in [0.1, 0.15) is 5.69 Å². The maximum absolute atomic E-state index is 9.80. The smallest absolute Gasteiger partial charge is 0.236 e. The summed E-state index contributed by atoms with van der Waals surface area (Å²) >= 11 is 0. The lowest BCUT2D eigenvalue weighted by Crippen LogP contribution is -1.81. The molecule has 0 aliphatic heterocycles. The molecule has 1 rings (SSSR count). The first-order valence-corrected chi connectivity index (χ1v) is 2.74. The predicted molar refractivity (Wildman–Crippen MR) is 36.8 cm³/mol. The average molecular weight is 138 g/mol. The van der Waals surface area contributed by atoms with E-state index in [2.05, 4.69) is 4.98 Å². The lowest BCUT2D eigenvalue weighted by atomic mass is 10.4. The van der Waals surface area contributed by atoms with Gasteiger partial charge in [0.1, 0.15) is 0 Å². The van der Waals surface area contributed by atoms with Crippen molar-refractivity contribution in [3.8, 4) is 0 Å². The van der Waals surface area contributed by atoms with Gasteiger partial charge in [0.2, 0.25) is 6.20 Å². The molecule has 0 unspecified atom stereocenters. The first-order chi connectivity index (χ1) is 4.79. The topological polar surface area (TPSA) is 58.9 Å².